The molecule has 1 fully saturated rings. The number of nitrogens with one attached hydrogen (secondary N) is 1. The molecule has 0 saturated heterocycles. The molecule has 2 heteroatoms. The highest BCUT2D eigenvalue weighted by Gasteiger charge is 2.26. The predicted molar refractivity (Wildman–Crippen MR) is 95.9 cm³/mol. The van der Waals surface area contributed by atoms with Crippen LogP contribution in [0.15, 0.2) is 30.3 Å². The summed E-state index contributed by atoms with van der Waals surface area (Å²) < 4.78 is 0. The minimum Gasteiger partial charge on any atom is -0.307 e. The zero-order valence-corrected chi connectivity index (χ0v) is 14.9. The Hall–Kier alpha value is -0.470. The number of hydrogen-bond acceptors (Lipinski definition) is 2. The van der Waals surface area contributed by atoms with Crippen LogP contribution in [0.1, 0.15) is 64.5 Å². The van der Waals surface area contributed by atoms with Gasteiger partial charge in [-0.25, -0.2) is 0 Å². The Morgan fingerprint density at radius 2 is 1.90 bits per heavy atom. The Morgan fingerprint density at radius 1 is 1.19 bits per heavy atom. The van der Waals surface area contributed by atoms with Crippen molar-refractivity contribution in [2.24, 2.45) is 5.41 Å². The maximum atomic E-state index is 3.98. The number of thioether (sulfide) groups is 1. The van der Waals surface area contributed by atoms with E-state index < -0.39 is 0 Å². The molecule has 0 spiro atoms. The number of rotatable bonds is 5. The lowest BCUT2D eigenvalue weighted by molar-refractivity contribution is 0.269. The summed E-state index contributed by atoms with van der Waals surface area (Å²) in [6.07, 6.45) is 8.89. The summed E-state index contributed by atoms with van der Waals surface area (Å²) in [6.45, 7) is 7.03. The molecule has 21 heavy (non-hydrogen) atoms. The van der Waals surface area contributed by atoms with E-state index in [0.717, 1.165) is 5.25 Å². The Labute approximate surface area is 135 Å². The lowest BCUT2D eigenvalue weighted by Crippen LogP contribution is -2.38. The van der Waals surface area contributed by atoms with Gasteiger partial charge in [-0.1, -0.05) is 57.5 Å². The molecule has 1 nitrogen and oxygen atoms in total. The summed E-state index contributed by atoms with van der Waals surface area (Å²) in [5.74, 6) is 0. The number of benzene rings is 1. The Kier molecular flexibility index (Phi) is 6.19. The average Bonchev–Trinajstić information content (AvgIpc) is 2.46. The maximum absolute atomic E-state index is 3.98. The molecule has 0 bridgehead atoms. The van der Waals surface area contributed by atoms with Crippen LogP contribution in [0.25, 0.3) is 0 Å². The molecule has 1 saturated carbocycles. The fraction of sp³-hybridized carbons (Fsp3) is 0.684. The normalized spacial score (nSPS) is 24.8. The van der Waals surface area contributed by atoms with Gasteiger partial charge in [-0.3, -0.25) is 0 Å². The van der Waals surface area contributed by atoms with Gasteiger partial charge in [0.1, 0.15) is 0 Å². The van der Waals surface area contributed by atoms with Gasteiger partial charge >= 0.3 is 0 Å². The van der Waals surface area contributed by atoms with E-state index in [9.17, 15) is 0 Å². The molecular weight excluding hydrogens is 274 g/mol. The third-order valence-electron chi connectivity index (χ3n) is 4.41. The monoisotopic (exact) mass is 305 g/mol. The zero-order valence-electron chi connectivity index (χ0n) is 14.1. The van der Waals surface area contributed by atoms with E-state index in [1.807, 2.05) is 11.8 Å². The zero-order chi connectivity index (χ0) is 15.3. The van der Waals surface area contributed by atoms with Crippen LogP contribution in [0, 0.1) is 5.41 Å². The highest BCUT2D eigenvalue weighted by Crippen LogP contribution is 2.33. The van der Waals surface area contributed by atoms with E-state index in [2.05, 4.69) is 62.7 Å². The molecule has 0 radical (unpaired) electrons. The summed E-state index contributed by atoms with van der Waals surface area (Å²) in [5, 5.41) is 4.83. The Morgan fingerprint density at radius 3 is 2.52 bits per heavy atom. The lowest BCUT2D eigenvalue weighted by Gasteiger charge is -2.35. The van der Waals surface area contributed by atoms with Gasteiger partial charge in [-0.05, 0) is 42.9 Å². The summed E-state index contributed by atoms with van der Waals surface area (Å²) in [4.78, 5) is 0. The quantitative estimate of drug-likeness (QED) is 0.778. The summed E-state index contributed by atoms with van der Waals surface area (Å²) in [7, 11) is 0. The van der Waals surface area contributed by atoms with E-state index in [4.69, 9.17) is 0 Å². The number of hydrogen-bond donors (Lipinski definition) is 1. The van der Waals surface area contributed by atoms with Gasteiger partial charge in [0, 0.05) is 17.3 Å². The van der Waals surface area contributed by atoms with Gasteiger partial charge in [0.25, 0.3) is 0 Å². The van der Waals surface area contributed by atoms with Crippen LogP contribution in [-0.2, 0) is 0 Å². The molecule has 0 aromatic heterocycles. The second-order valence-corrected chi connectivity index (χ2v) is 8.75. The van der Waals surface area contributed by atoms with Gasteiger partial charge in [0.2, 0.25) is 0 Å². The molecule has 3 unspecified atom stereocenters. The smallest absolute Gasteiger partial charge is 0.0327 e. The molecule has 1 aliphatic rings. The Balaban J connectivity index is 2.05. The first-order valence-electron chi connectivity index (χ1n) is 8.32. The van der Waals surface area contributed by atoms with Crippen LogP contribution in [0.2, 0.25) is 0 Å². The van der Waals surface area contributed by atoms with E-state index in [1.54, 1.807) is 0 Å². The van der Waals surface area contributed by atoms with Crippen molar-refractivity contribution in [1.29, 1.82) is 0 Å². The van der Waals surface area contributed by atoms with Crippen LogP contribution in [0.5, 0.6) is 0 Å². The van der Waals surface area contributed by atoms with Crippen LogP contribution in [0.4, 0.5) is 0 Å². The van der Waals surface area contributed by atoms with Crippen molar-refractivity contribution in [3.63, 3.8) is 0 Å². The fourth-order valence-electron chi connectivity index (χ4n) is 3.37. The van der Waals surface area contributed by atoms with Gasteiger partial charge < -0.3 is 5.32 Å². The highest BCUT2D eigenvalue weighted by atomic mass is 32.2. The molecule has 1 aliphatic carbocycles. The average molecular weight is 306 g/mol. The van der Waals surface area contributed by atoms with Crippen molar-refractivity contribution in [2.45, 2.75) is 70.2 Å². The van der Waals surface area contributed by atoms with E-state index in [1.165, 1.54) is 37.7 Å². The van der Waals surface area contributed by atoms with Gasteiger partial charge in [-0.2, -0.15) is 11.8 Å². The summed E-state index contributed by atoms with van der Waals surface area (Å²) in [6, 6.07) is 12.2. The minimum atomic E-state index is 0.348. The molecule has 3 atom stereocenters. The van der Waals surface area contributed by atoms with Gasteiger partial charge in [0.15, 0.2) is 0 Å². The largest absolute Gasteiger partial charge is 0.307 e. The SMILES string of the molecule is CSC1CCCC(NC(CC(C)(C)C)c2ccccc2)C1. The highest BCUT2D eigenvalue weighted by molar-refractivity contribution is 7.99. The van der Waals surface area contributed by atoms with E-state index >= 15 is 0 Å². The Bertz CT molecular complexity index is 409. The third-order valence-corrected chi connectivity index (χ3v) is 5.51. The molecule has 2 rings (SSSR count). The van der Waals surface area contributed by atoms with Crippen molar-refractivity contribution in [1.82, 2.24) is 5.32 Å². The molecule has 1 aromatic rings. The van der Waals surface area contributed by atoms with E-state index in [0.29, 0.717) is 17.5 Å². The second kappa shape index (κ2) is 7.69. The van der Waals surface area contributed by atoms with Gasteiger partial charge in [-0.15, -0.1) is 0 Å². The predicted octanol–water partition coefficient (Wildman–Crippen LogP) is 5.43. The first-order valence-corrected chi connectivity index (χ1v) is 9.60. The molecule has 118 valence electrons. The minimum absolute atomic E-state index is 0.348. The van der Waals surface area contributed by atoms with Crippen molar-refractivity contribution >= 4 is 11.8 Å². The van der Waals surface area contributed by atoms with Crippen LogP contribution in [-0.4, -0.2) is 17.5 Å². The van der Waals surface area contributed by atoms with Crippen LogP contribution in [0.3, 0.4) is 0 Å². The first kappa shape index (κ1) is 16.9. The topological polar surface area (TPSA) is 12.0 Å². The fourth-order valence-corrected chi connectivity index (χ4v) is 4.19. The lowest BCUT2D eigenvalue weighted by atomic mass is 9.84. The van der Waals surface area contributed by atoms with Crippen molar-refractivity contribution < 1.29 is 0 Å². The molecule has 0 aliphatic heterocycles. The summed E-state index contributed by atoms with van der Waals surface area (Å²) in [5.41, 5.74) is 1.79. The van der Waals surface area contributed by atoms with Gasteiger partial charge in [0.05, 0.1) is 0 Å². The van der Waals surface area contributed by atoms with Crippen molar-refractivity contribution in [2.75, 3.05) is 6.26 Å². The molecular formula is C19H31NS. The molecule has 1 aromatic carbocycles. The summed E-state index contributed by atoms with van der Waals surface area (Å²) >= 11 is 2.05. The molecule has 0 heterocycles. The van der Waals surface area contributed by atoms with E-state index in [-0.39, 0.29) is 0 Å². The maximum Gasteiger partial charge on any atom is 0.0327 e. The third kappa shape index (κ3) is 5.67. The molecule has 1 N–H and O–H groups in total. The van der Waals surface area contributed by atoms with Crippen molar-refractivity contribution in [3.8, 4) is 0 Å². The standard InChI is InChI=1S/C19H31NS/c1-19(2,3)14-18(15-9-6-5-7-10-15)20-16-11-8-12-17(13-16)21-4/h5-7,9-10,16-18,20H,8,11-14H2,1-4H3. The van der Waals surface area contributed by atoms with Crippen LogP contribution < -0.4 is 5.32 Å². The first-order chi connectivity index (χ1) is 9.98. The van der Waals surface area contributed by atoms with Crippen LogP contribution >= 0.6 is 11.8 Å². The second-order valence-electron chi connectivity index (χ2n) is 7.62. The molecule has 0 amide bonds. The van der Waals surface area contributed by atoms with Crippen molar-refractivity contribution in [3.05, 3.63) is 35.9 Å².